The van der Waals surface area contributed by atoms with Crippen LogP contribution in [0.3, 0.4) is 0 Å². The van der Waals surface area contributed by atoms with Crippen LogP contribution in [0, 0.1) is 11.8 Å². The van der Waals surface area contributed by atoms with Gasteiger partial charge in [0.15, 0.2) is 6.61 Å². The van der Waals surface area contributed by atoms with E-state index in [-0.39, 0.29) is 12.5 Å². The molecule has 2 atom stereocenters. The normalized spacial score (nSPS) is 22.2. The molecule has 2 aliphatic rings. The van der Waals surface area contributed by atoms with Crippen molar-refractivity contribution in [1.82, 2.24) is 9.88 Å². The lowest BCUT2D eigenvalue weighted by molar-refractivity contribution is -0.149. The van der Waals surface area contributed by atoms with Crippen molar-refractivity contribution in [2.24, 2.45) is 11.8 Å². The quantitative estimate of drug-likeness (QED) is 0.599. The number of likely N-dealkylation sites (tertiary alicyclic amines) is 1. The minimum Gasteiger partial charge on any atom is -0.452 e. The number of fused-ring (bicyclic) bond motifs is 2. The zero-order chi connectivity index (χ0) is 19.3. The molecule has 28 heavy (non-hydrogen) atoms. The predicted octanol–water partition coefficient (Wildman–Crippen LogP) is 3.83. The number of pyridine rings is 1. The third kappa shape index (κ3) is 4.41. The Morgan fingerprint density at radius 1 is 1.07 bits per heavy atom. The largest absolute Gasteiger partial charge is 0.452 e. The number of hydrogen-bond donors (Lipinski definition) is 0. The van der Waals surface area contributed by atoms with Gasteiger partial charge in [0, 0.05) is 24.6 Å². The first kappa shape index (κ1) is 18.7. The molecule has 2 fully saturated rings. The molecule has 1 saturated carbocycles. The first-order valence-corrected chi connectivity index (χ1v) is 10.2. The zero-order valence-corrected chi connectivity index (χ0v) is 16.0. The summed E-state index contributed by atoms with van der Waals surface area (Å²) in [5.41, 5.74) is 1.56. The van der Waals surface area contributed by atoms with E-state index in [2.05, 4.69) is 4.98 Å². The van der Waals surface area contributed by atoms with Gasteiger partial charge in [0.05, 0.1) is 11.2 Å². The number of benzene rings is 1. The molecule has 0 bridgehead atoms. The summed E-state index contributed by atoms with van der Waals surface area (Å²) < 4.78 is 5.16. The maximum Gasteiger partial charge on any atom is 0.331 e. The topological polar surface area (TPSA) is 59.5 Å². The van der Waals surface area contributed by atoms with E-state index >= 15 is 0 Å². The van der Waals surface area contributed by atoms with Crippen molar-refractivity contribution in [3.8, 4) is 0 Å². The number of rotatable bonds is 4. The van der Waals surface area contributed by atoms with Gasteiger partial charge in [-0.1, -0.05) is 43.5 Å². The van der Waals surface area contributed by atoms with Crippen molar-refractivity contribution in [3.05, 3.63) is 48.2 Å². The first-order valence-electron chi connectivity index (χ1n) is 10.2. The number of hydrogen-bond acceptors (Lipinski definition) is 4. The Morgan fingerprint density at radius 3 is 2.79 bits per heavy atom. The van der Waals surface area contributed by atoms with Crippen molar-refractivity contribution >= 4 is 28.9 Å². The van der Waals surface area contributed by atoms with Crippen LogP contribution in [-0.2, 0) is 14.3 Å². The third-order valence-electron chi connectivity index (χ3n) is 5.99. The van der Waals surface area contributed by atoms with Crippen molar-refractivity contribution in [3.63, 3.8) is 0 Å². The fourth-order valence-corrected chi connectivity index (χ4v) is 4.43. The van der Waals surface area contributed by atoms with Crippen LogP contribution < -0.4 is 0 Å². The summed E-state index contributed by atoms with van der Waals surface area (Å²) in [6.45, 7) is 1.41. The molecule has 146 valence electrons. The Bertz CT molecular complexity index is 892. The number of nitrogens with zero attached hydrogens (tertiary/aromatic N) is 2. The van der Waals surface area contributed by atoms with Crippen molar-refractivity contribution in [2.45, 2.75) is 32.1 Å². The number of carbonyl (C=O) groups excluding carboxylic acids is 2. The summed E-state index contributed by atoms with van der Waals surface area (Å²) in [4.78, 5) is 30.8. The fourth-order valence-electron chi connectivity index (χ4n) is 4.43. The van der Waals surface area contributed by atoms with Crippen LogP contribution in [0.1, 0.15) is 37.8 Å². The van der Waals surface area contributed by atoms with E-state index in [1.165, 1.54) is 31.8 Å². The molecule has 1 amide bonds. The van der Waals surface area contributed by atoms with Gasteiger partial charge >= 0.3 is 5.97 Å². The van der Waals surface area contributed by atoms with Gasteiger partial charge in [-0.15, -0.1) is 0 Å². The highest BCUT2D eigenvalue weighted by molar-refractivity contribution is 5.89. The Balaban J connectivity index is 1.27. The van der Waals surface area contributed by atoms with E-state index in [0.717, 1.165) is 36.3 Å². The van der Waals surface area contributed by atoms with E-state index in [4.69, 9.17) is 4.74 Å². The molecule has 1 aliphatic heterocycles. The van der Waals surface area contributed by atoms with Gasteiger partial charge in [0.25, 0.3) is 5.91 Å². The van der Waals surface area contributed by atoms with E-state index in [0.29, 0.717) is 11.6 Å². The molecule has 0 radical (unpaired) electrons. The average Bonchev–Trinajstić information content (AvgIpc) is 2.75. The number of amides is 1. The highest BCUT2D eigenvalue weighted by Crippen LogP contribution is 2.36. The molecule has 5 nitrogen and oxygen atoms in total. The summed E-state index contributed by atoms with van der Waals surface area (Å²) >= 11 is 0. The molecule has 1 aromatic carbocycles. The molecule has 4 rings (SSSR count). The van der Waals surface area contributed by atoms with Crippen LogP contribution in [0.2, 0.25) is 0 Å². The average molecular weight is 378 g/mol. The van der Waals surface area contributed by atoms with Crippen molar-refractivity contribution in [1.29, 1.82) is 0 Å². The van der Waals surface area contributed by atoms with Crippen LogP contribution in [-0.4, -0.2) is 41.5 Å². The second-order valence-electron chi connectivity index (χ2n) is 7.80. The summed E-state index contributed by atoms with van der Waals surface area (Å²) in [6, 6.07) is 11.6. The van der Waals surface area contributed by atoms with Gasteiger partial charge in [-0.3, -0.25) is 4.79 Å². The number of para-hydroxylation sites is 1. The molecule has 2 heterocycles. The second-order valence-corrected chi connectivity index (χ2v) is 7.80. The van der Waals surface area contributed by atoms with Gasteiger partial charge in [-0.25, -0.2) is 9.78 Å². The van der Waals surface area contributed by atoms with E-state index in [9.17, 15) is 9.59 Å². The number of esters is 1. The SMILES string of the molecule is O=C(/C=C/c1ccc2ccccc2n1)OCC(=O)N1CC[C@@H]2CCCC[C@@H]2C1. The molecule has 0 unspecified atom stereocenters. The predicted molar refractivity (Wildman–Crippen MR) is 108 cm³/mol. The van der Waals surface area contributed by atoms with E-state index in [1.807, 2.05) is 41.3 Å². The lowest BCUT2D eigenvalue weighted by Gasteiger charge is -2.41. The maximum atomic E-state index is 12.4. The Kier molecular flexibility index (Phi) is 5.70. The number of carbonyl (C=O) groups is 2. The highest BCUT2D eigenvalue weighted by atomic mass is 16.5. The van der Waals surface area contributed by atoms with Gasteiger partial charge < -0.3 is 9.64 Å². The molecule has 1 saturated heterocycles. The third-order valence-corrected chi connectivity index (χ3v) is 5.99. The van der Waals surface area contributed by atoms with E-state index < -0.39 is 5.97 Å². The highest BCUT2D eigenvalue weighted by Gasteiger charge is 2.32. The first-order chi connectivity index (χ1) is 13.7. The standard InChI is InChI=1S/C23H26N2O3/c26-22(25-14-13-17-5-1-2-7-19(17)15-25)16-28-23(27)12-11-20-10-9-18-6-3-4-8-21(18)24-20/h3-4,6,8-12,17,19H,1-2,5,7,13-16H2/b12-11+/t17-,19+/m0/s1. The number of aromatic nitrogens is 1. The van der Waals surface area contributed by atoms with Crippen LogP contribution >= 0.6 is 0 Å². The van der Waals surface area contributed by atoms with Gasteiger partial charge in [-0.05, 0) is 42.9 Å². The second kappa shape index (κ2) is 8.55. The smallest absolute Gasteiger partial charge is 0.331 e. The minimum absolute atomic E-state index is 0.0883. The van der Waals surface area contributed by atoms with Crippen molar-refractivity contribution < 1.29 is 14.3 Å². The Morgan fingerprint density at radius 2 is 1.89 bits per heavy atom. The minimum atomic E-state index is -0.518. The molecule has 0 N–H and O–H groups in total. The van der Waals surface area contributed by atoms with Gasteiger partial charge in [-0.2, -0.15) is 0 Å². The lowest BCUT2D eigenvalue weighted by atomic mass is 9.75. The molecule has 5 heteroatoms. The summed E-state index contributed by atoms with van der Waals surface area (Å²) in [7, 11) is 0. The lowest BCUT2D eigenvalue weighted by Crippen LogP contribution is -2.46. The summed E-state index contributed by atoms with van der Waals surface area (Å²) in [5, 5.41) is 1.05. The van der Waals surface area contributed by atoms with Crippen molar-refractivity contribution in [2.75, 3.05) is 19.7 Å². The molecular weight excluding hydrogens is 352 g/mol. The number of piperidine rings is 1. The monoisotopic (exact) mass is 378 g/mol. The molecule has 0 spiro atoms. The Hall–Kier alpha value is -2.69. The van der Waals surface area contributed by atoms with Crippen LogP contribution in [0.4, 0.5) is 0 Å². The zero-order valence-electron chi connectivity index (χ0n) is 16.0. The summed E-state index contributed by atoms with van der Waals surface area (Å²) in [6.07, 6.45) is 9.14. The molecule has 2 aromatic rings. The summed E-state index contributed by atoms with van der Waals surface area (Å²) in [5.74, 6) is 0.796. The fraction of sp³-hybridized carbons (Fsp3) is 0.435. The van der Waals surface area contributed by atoms with Gasteiger partial charge in [0.2, 0.25) is 0 Å². The van der Waals surface area contributed by atoms with Crippen LogP contribution in [0.25, 0.3) is 17.0 Å². The molecular formula is C23H26N2O3. The van der Waals surface area contributed by atoms with Gasteiger partial charge in [0.1, 0.15) is 0 Å². The molecule has 1 aromatic heterocycles. The maximum absolute atomic E-state index is 12.4. The number of ether oxygens (including phenoxy) is 1. The molecule has 1 aliphatic carbocycles. The Labute approximate surface area is 165 Å². The van der Waals surface area contributed by atoms with E-state index in [1.54, 1.807) is 6.08 Å². The van der Waals surface area contributed by atoms with Crippen LogP contribution in [0.15, 0.2) is 42.5 Å². The van der Waals surface area contributed by atoms with Crippen LogP contribution in [0.5, 0.6) is 0 Å².